The summed E-state index contributed by atoms with van der Waals surface area (Å²) < 4.78 is 5.40. The lowest BCUT2D eigenvalue weighted by Crippen LogP contribution is -2.25. The molecule has 0 bridgehead atoms. The van der Waals surface area contributed by atoms with Crippen molar-refractivity contribution in [3.63, 3.8) is 0 Å². The number of benzene rings is 1. The summed E-state index contributed by atoms with van der Waals surface area (Å²) in [5.74, 6) is 0.639. The average Bonchev–Trinajstić information content (AvgIpc) is 3.03. The molecule has 0 heterocycles. The maximum absolute atomic E-state index is 11.8. The van der Waals surface area contributed by atoms with E-state index in [-0.39, 0.29) is 5.91 Å². The third-order valence-corrected chi connectivity index (χ3v) is 2.34. The second kappa shape index (κ2) is 4.34. The molecule has 0 aliphatic heterocycles. The monoisotopic (exact) mass is 205 g/mol. The molecule has 1 aliphatic rings. The summed E-state index contributed by atoms with van der Waals surface area (Å²) in [5, 5.41) is 2.95. The molecular formula is C12H15NO2. The summed E-state index contributed by atoms with van der Waals surface area (Å²) in [6.07, 6.45) is 2.20. The molecule has 1 fully saturated rings. The van der Waals surface area contributed by atoms with Gasteiger partial charge in [-0.15, -0.1) is 0 Å². The van der Waals surface area contributed by atoms with Crippen molar-refractivity contribution in [1.82, 2.24) is 5.32 Å². The van der Waals surface area contributed by atoms with Gasteiger partial charge in [0, 0.05) is 6.04 Å². The maximum atomic E-state index is 11.8. The molecule has 1 aromatic rings. The Labute approximate surface area is 89.4 Å². The van der Waals surface area contributed by atoms with E-state index in [1.807, 2.05) is 25.1 Å². The molecule has 2 rings (SSSR count). The molecule has 1 saturated carbocycles. The number of para-hydroxylation sites is 1. The van der Waals surface area contributed by atoms with E-state index in [2.05, 4.69) is 5.32 Å². The Bertz CT molecular complexity index is 358. The summed E-state index contributed by atoms with van der Waals surface area (Å²) in [4.78, 5) is 11.8. The van der Waals surface area contributed by atoms with Crippen LogP contribution in [0.3, 0.4) is 0 Å². The van der Waals surface area contributed by atoms with Gasteiger partial charge in [0.05, 0.1) is 12.2 Å². The van der Waals surface area contributed by atoms with Crippen molar-refractivity contribution in [2.75, 3.05) is 6.61 Å². The van der Waals surface area contributed by atoms with Crippen molar-refractivity contribution in [3.05, 3.63) is 29.8 Å². The lowest BCUT2D eigenvalue weighted by Gasteiger charge is -2.09. The van der Waals surface area contributed by atoms with Crippen molar-refractivity contribution in [2.45, 2.75) is 25.8 Å². The summed E-state index contributed by atoms with van der Waals surface area (Å²) >= 11 is 0. The Kier molecular flexibility index (Phi) is 2.90. The van der Waals surface area contributed by atoms with E-state index in [1.54, 1.807) is 6.07 Å². The standard InChI is InChI=1S/C12H15NO2/c1-2-15-11-6-4-3-5-10(11)12(14)13-9-7-8-9/h3-6,9H,2,7-8H2,1H3,(H,13,14). The molecule has 3 heteroatoms. The number of ether oxygens (including phenoxy) is 1. The quantitative estimate of drug-likeness (QED) is 0.816. The van der Waals surface area contributed by atoms with Gasteiger partial charge in [-0.25, -0.2) is 0 Å². The first-order valence-corrected chi connectivity index (χ1v) is 5.34. The van der Waals surface area contributed by atoms with Crippen molar-refractivity contribution in [1.29, 1.82) is 0 Å². The first-order chi connectivity index (χ1) is 7.31. The van der Waals surface area contributed by atoms with Crippen LogP contribution in [-0.4, -0.2) is 18.6 Å². The smallest absolute Gasteiger partial charge is 0.255 e. The van der Waals surface area contributed by atoms with E-state index in [0.717, 1.165) is 12.8 Å². The number of nitrogens with one attached hydrogen (secondary N) is 1. The normalized spacial score (nSPS) is 14.7. The topological polar surface area (TPSA) is 38.3 Å². The van der Waals surface area contributed by atoms with Crippen LogP contribution >= 0.6 is 0 Å². The van der Waals surface area contributed by atoms with E-state index in [0.29, 0.717) is 24.0 Å². The zero-order valence-corrected chi connectivity index (χ0v) is 8.82. The fourth-order valence-electron chi connectivity index (χ4n) is 1.43. The molecule has 80 valence electrons. The van der Waals surface area contributed by atoms with Crippen LogP contribution in [-0.2, 0) is 0 Å². The summed E-state index contributed by atoms with van der Waals surface area (Å²) in [7, 11) is 0. The van der Waals surface area contributed by atoms with Gasteiger partial charge < -0.3 is 10.1 Å². The van der Waals surface area contributed by atoms with Gasteiger partial charge in [0.25, 0.3) is 5.91 Å². The fourth-order valence-corrected chi connectivity index (χ4v) is 1.43. The van der Waals surface area contributed by atoms with Crippen molar-refractivity contribution in [2.24, 2.45) is 0 Å². The zero-order valence-electron chi connectivity index (χ0n) is 8.82. The Morgan fingerprint density at radius 3 is 2.87 bits per heavy atom. The maximum Gasteiger partial charge on any atom is 0.255 e. The van der Waals surface area contributed by atoms with Gasteiger partial charge in [-0.1, -0.05) is 12.1 Å². The van der Waals surface area contributed by atoms with Gasteiger partial charge in [-0.3, -0.25) is 4.79 Å². The minimum atomic E-state index is -0.0263. The van der Waals surface area contributed by atoms with Gasteiger partial charge in [-0.05, 0) is 31.9 Å². The van der Waals surface area contributed by atoms with E-state index in [1.165, 1.54) is 0 Å². The predicted molar refractivity (Wildman–Crippen MR) is 58.1 cm³/mol. The van der Waals surface area contributed by atoms with E-state index in [9.17, 15) is 4.79 Å². The molecule has 1 amide bonds. The SMILES string of the molecule is CCOc1ccccc1C(=O)NC1CC1. The van der Waals surface area contributed by atoms with Crippen LogP contribution < -0.4 is 10.1 Å². The Morgan fingerprint density at radius 2 is 2.20 bits per heavy atom. The number of amides is 1. The van der Waals surface area contributed by atoms with Gasteiger partial charge in [0.2, 0.25) is 0 Å². The highest BCUT2D eigenvalue weighted by Crippen LogP contribution is 2.22. The van der Waals surface area contributed by atoms with Gasteiger partial charge in [0.15, 0.2) is 0 Å². The van der Waals surface area contributed by atoms with Gasteiger partial charge in [-0.2, -0.15) is 0 Å². The Morgan fingerprint density at radius 1 is 1.47 bits per heavy atom. The molecule has 0 atom stereocenters. The Balaban J connectivity index is 2.13. The average molecular weight is 205 g/mol. The lowest BCUT2D eigenvalue weighted by molar-refractivity contribution is 0.0947. The highest BCUT2D eigenvalue weighted by molar-refractivity contribution is 5.97. The molecule has 1 N–H and O–H groups in total. The fraction of sp³-hybridized carbons (Fsp3) is 0.417. The van der Waals surface area contributed by atoms with E-state index >= 15 is 0 Å². The molecule has 0 unspecified atom stereocenters. The van der Waals surface area contributed by atoms with Crippen LogP contribution in [0.15, 0.2) is 24.3 Å². The number of rotatable bonds is 4. The summed E-state index contributed by atoms with van der Waals surface area (Å²) in [5.41, 5.74) is 0.631. The third kappa shape index (κ3) is 2.49. The number of hydrogen-bond acceptors (Lipinski definition) is 2. The summed E-state index contributed by atoms with van der Waals surface area (Å²) in [6, 6.07) is 7.73. The molecular weight excluding hydrogens is 190 g/mol. The molecule has 0 aromatic heterocycles. The predicted octanol–water partition coefficient (Wildman–Crippen LogP) is 1.98. The highest BCUT2D eigenvalue weighted by atomic mass is 16.5. The first kappa shape index (κ1) is 10.0. The molecule has 0 radical (unpaired) electrons. The molecule has 15 heavy (non-hydrogen) atoms. The molecule has 1 aliphatic carbocycles. The number of hydrogen-bond donors (Lipinski definition) is 1. The summed E-state index contributed by atoms with van der Waals surface area (Å²) in [6.45, 7) is 2.49. The minimum Gasteiger partial charge on any atom is -0.493 e. The van der Waals surface area contributed by atoms with Crippen LogP contribution in [0.1, 0.15) is 30.1 Å². The molecule has 3 nitrogen and oxygen atoms in total. The largest absolute Gasteiger partial charge is 0.493 e. The van der Waals surface area contributed by atoms with Gasteiger partial charge in [0.1, 0.15) is 5.75 Å². The van der Waals surface area contributed by atoms with Crippen molar-refractivity contribution < 1.29 is 9.53 Å². The first-order valence-electron chi connectivity index (χ1n) is 5.34. The van der Waals surface area contributed by atoms with Crippen LogP contribution in [0.5, 0.6) is 5.75 Å². The number of carbonyl (C=O) groups is 1. The lowest BCUT2D eigenvalue weighted by atomic mass is 10.2. The third-order valence-electron chi connectivity index (χ3n) is 2.34. The van der Waals surface area contributed by atoms with Crippen molar-refractivity contribution >= 4 is 5.91 Å². The van der Waals surface area contributed by atoms with Crippen LogP contribution in [0.25, 0.3) is 0 Å². The highest BCUT2D eigenvalue weighted by Gasteiger charge is 2.24. The Hall–Kier alpha value is -1.51. The molecule has 0 spiro atoms. The molecule has 0 saturated heterocycles. The minimum absolute atomic E-state index is 0.0263. The van der Waals surface area contributed by atoms with E-state index < -0.39 is 0 Å². The van der Waals surface area contributed by atoms with Crippen LogP contribution in [0, 0.1) is 0 Å². The van der Waals surface area contributed by atoms with Crippen LogP contribution in [0.2, 0.25) is 0 Å². The number of carbonyl (C=O) groups excluding carboxylic acids is 1. The van der Waals surface area contributed by atoms with E-state index in [4.69, 9.17) is 4.74 Å². The van der Waals surface area contributed by atoms with Crippen LogP contribution in [0.4, 0.5) is 0 Å². The molecule has 1 aromatic carbocycles. The second-order valence-corrected chi connectivity index (χ2v) is 3.68. The van der Waals surface area contributed by atoms with Gasteiger partial charge >= 0.3 is 0 Å². The second-order valence-electron chi connectivity index (χ2n) is 3.68. The van der Waals surface area contributed by atoms with Crippen molar-refractivity contribution in [3.8, 4) is 5.75 Å². The zero-order chi connectivity index (χ0) is 10.7.